The van der Waals surface area contributed by atoms with Gasteiger partial charge in [-0.05, 0) is 24.1 Å². The van der Waals surface area contributed by atoms with E-state index in [1.54, 1.807) is 23.1 Å². The largest absolute Gasteiger partial charge is 0.461 e. The van der Waals surface area contributed by atoms with E-state index in [2.05, 4.69) is 10.1 Å². The molecule has 4 rings (SSSR count). The summed E-state index contributed by atoms with van der Waals surface area (Å²) in [5, 5.41) is 14.8. The summed E-state index contributed by atoms with van der Waals surface area (Å²) in [4.78, 5) is 28.8. The highest BCUT2D eigenvalue weighted by Crippen LogP contribution is 2.32. The van der Waals surface area contributed by atoms with E-state index in [9.17, 15) is 14.9 Å². The van der Waals surface area contributed by atoms with Crippen LogP contribution in [-0.2, 0) is 17.6 Å². The predicted octanol–water partition coefficient (Wildman–Crippen LogP) is 2.76. The number of anilines is 1. The first-order valence-electron chi connectivity index (χ1n) is 8.06. The number of carbonyl (C=O) groups excluding carboxylic acids is 1. The van der Waals surface area contributed by atoms with Crippen LogP contribution in [0.15, 0.2) is 45.5 Å². The number of rotatable bonds is 5. The predicted molar refractivity (Wildman–Crippen MR) is 89.5 cm³/mol. The molecular formula is C17H14N4O5. The molecule has 2 aromatic heterocycles. The van der Waals surface area contributed by atoms with Crippen LogP contribution in [0.25, 0.3) is 11.6 Å². The second-order valence-corrected chi connectivity index (χ2v) is 5.85. The zero-order valence-corrected chi connectivity index (χ0v) is 13.6. The number of carbonyl (C=O) groups is 1. The number of nitro groups is 1. The molecule has 3 heterocycles. The molecule has 0 unspecified atom stereocenters. The monoisotopic (exact) mass is 354 g/mol. The molecule has 26 heavy (non-hydrogen) atoms. The number of hydrogen-bond donors (Lipinski definition) is 0. The van der Waals surface area contributed by atoms with Crippen LogP contribution in [0.4, 0.5) is 11.4 Å². The fraction of sp³-hybridized carbons (Fsp3) is 0.235. The lowest BCUT2D eigenvalue weighted by molar-refractivity contribution is -0.384. The van der Waals surface area contributed by atoms with Crippen LogP contribution in [-0.4, -0.2) is 27.5 Å². The number of nitro benzene ring substituents is 1. The Morgan fingerprint density at radius 1 is 1.35 bits per heavy atom. The fourth-order valence-electron chi connectivity index (χ4n) is 2.95. The summed E-state index contributed by atoms with van der Waals surface area (Å²) >= 11 is 0. The van der Waals surface area contributed by atoms with Gasteiger partial charge in [-0.15, -0.1) is 0 Å². The molecule has 1 aliphatic rings. The number of benzene rings is 1. The van der Waals surface area contributed by atoms with Crippen LogP contribution < -0.4 is 4.90 Å². The topological polar surface area (TPSA) is 116 Å². The van der Waals surface area contributed by atoms with Crippen molar-refractivity contribution in [2.45, 2.75) is 19.3 Å². The second kappa shape index (κ2) is 6.43. The van der Waals surface area contributed by atoms with Gasteiger partial charge in [0.25, 0.3) is 5.69 Å². The van der Waals surface area contributed by atoms with Crippen LogP contribution in [0.3, 0.4) is 0 Å². The van der Waals surface area contributed by atoms with Crippen LogP contribution >= 0.6 is 0 Å². The lowest BCUT2D eigenvalue weighted by Gasteiger charge is -2.16. The molecule has 0 fully saturated rings. The Hall–Kier alpha value is -3.49. The number of non-ortho nitro benzene ring substituents is 1. The van der Waals surface area contributed by atoms with Gasteiger partial charge in [-0.3, -0.25) is 14.9 Å². The first-order valence-corrected chi connectivity index (χ1v) is 8.06. The number of aryl methyl sites for hydroxylation is 1. The van der Waals surface area contributed by atoms with E-state index >= 15 is 0 Å². The molecule has 1 amide bonds. The summed E-state index contributed by atoms with van der Waals surface area (Å²) < 4.78 is 10.3. The summed E-state index contributed by atoms with van der Waals surface area (Å²) in [6.07, 6.45) is 2.65. The third kappa shape index (κ3) is 2.94. The van der Waals surface area contributed by atoms with Crippen molar-refractivity contribution in [2.24, 2.45) is 0 Å². The summed E-state index contributed by atoms with van der Waals surface area (Å²) in [5.74, 6) is 1.02. The maximum absolute atomic E-state index is 12.5. The molecule has 1 aromatic carbocycles. The maximum Gasteiger partial charge on any atom is 0.271 e. The molecule has 0 saturated heterocycles. The van der Waals surface area contributed by atoms with Crippen molar-refractivity contribution in [1.29, 1.82) is 0 Å². The first kappa shape index (κ1) is 16.0. The summed E-state index contributed by atoms with van der Waals surface area (Å²) in [5.41, 5.74) is 1.51. The smallest absolute Gasteiger partial charge is 0.271 e. The van der Waals surface area contributed by atoms with Crippen molar-refractivity contribution in [1.82, 2.24) is 10.1 Å². The lowest BCUT2D eigenvalue weighted by Crippen LogP contribution is -2.29. The molecule has 0 aliphatic carbocycles. The molecule has 0 radical (unpaired) electrons. The van der Waals surface area contributed by atoms with Crippen LogP contribution in [0.1, 0.15) is 17.9 Å². The van der Waals surface area contributed by atoms with Gasteiger partial charge >= 0.3 is 0 Å². The standard InChI is InChI=1S/C17H14N4O5/c22-16(6-5-15-18-17(19-26-15)14-2-1-9-25-14)20-8-7-11-3-4-12(21(23)24)10-13(11)20/h1-4,9-10H,5-8H2. The highest BCUT2D eigenvalue weighted by atomic mass is 16.6. The molecule has 9 heteroatoms. The van der Waals surface area contributed by atoms with Crippen molar-refractivity contribution in [2.75, 3.05) is 11.4 Å². The molecule has 0 saturated carbocycles. The fourth-order valence-corrected chi connectivity index (χ4v) is 2.95. The molecular weight excluding hydrogens is 340 g/mol. The zero-order chi connectivity index (χ0) is 18.1. The Labute approximate surface area is 147 Å². The van der Waals surface area contributed by atoms with Gasteiger partial charge in [0, 0.05) is 31.5 Å². The van der Waals surface area contributed by atoms with E-state index in [-0.39, 0.29) is 24.4 Å². The highest BCUT2D eigenvalue weighted by Gasteiger charge is 2.27. The number of amides is 1. The Morgan fingerprint density at radius 3 is 3.00 bits per heavy atom. The Balaban J connectivity index is 1.44. The summed E-state index contributed by atoms with van der Waals surface area (Å²) in [6.45, 7) is 0.511. The number of aromatic nitrogens is 2. The number of furan rings is 1. The van der Waals surface area contributed by atoms with Crippen LogP contribution in [0.5, 0.6) is 0 Å². The molecule has 0 atom stereocenters. The van der Waals surface area contributed by atoms with E-state index < -0.39 is 4.92 Å². The van der Waals surface area contributed by atoms with Gasteiger partial charge in [0.05, 0.1) is 16.9 Å². The van der Waals surface area contributed by atoms with Gasteiger partial charge < -0.3 is 13.8 Å². The minimum absolute atomic E-state index is 0.0246. The quantitative estimate of drug-likeness (QED) is 0.511. The third-order valence-electron chi connectivity index (χ3n) is 4.24. The van der Waals surface area contributed by atoms with Gasteiger partial charge in [-0.1, -0.05) is 11.2 Å². The Bertz CT molecular complexity index is 963. The van der Waals surface area contributed by atoms with Crippen molar-refractivity contribution >= 4 is 17.3 Å². The Morgan fingerprint density at radius 2 is 2.23 bits per heavy atom. The molecule has 9 nitrogen and oxygen atoms in total. The first-order chi connectivity index (χ1) is 12.6. The van der Waals surface area contributed by atoms with Crippen molar-refractivity contribution in [3.8, 4) is 11.6 Å². The normalized spacial score (nSPS) is 13.0. The van der Waals surface area contributed by atoms with E-state index in [4.69, 9.17) is 8.94 Å². The van der Waals surface area contributed by atoms with Crippen molar-refractivity contribution in [3.05, 3.63) is 58.2 Å². The molecule has 0 bridgehead atoms. The number of fused-ring (bicyclic) bond motifs is 1. The average molecular weight is 354 g/mol. The maximum atomic E-state index is 12.5. The summed E-state index contributed by atoms with van der Waals surface area (Å²) in [7, 11) is 0. The van der Waals surface area contributed by atoms with Crippen molar-refractivity contribution in [3.63, 3.8) is 0 Å². The van der Waals surface area contributed by atoms with Crippen molar-refractivity contribution < 1.29 is 18.7 Å². The van der Waals surface area contributed by atoms with Gasteiger partial charge in [-0.2, -0.15) is 4.98 Å². The van der Waals surface area contributed by atoms with Gasteiger partial charge in [0.15, 0.2) is 5.76 Å². The molecule has 3 aromatic rings. The van der Waals surface area contributed by atoms with Gasteiger partial charge in [-0.25, -0.2) is 0 Å². The molecule has 0 spiro atoms. The Kier molecular flexibility index (Phi) is 3.96. The zero-order valence-electron chi connectivity index (χ0n) is 13.6. The minimum Gasteiger partial charge on any atom is -0.461 e. The highest BCUT2D eigenvalue weighted by molar-refractivity contribution is 5.95. The minimum atomic E-state index is -0.462. The lowest BCUT2D eigenvalue weighted by atomic mass is 10.1. The van der Waals surface area contributed by atoms with E-state index in [1.165, 1.54) is 18.4 Å². The molecule has 0 N–H and O–H groups in total. The van der Waals surface area contributed by atoms with E-state index in [0.29, 0.717) is 36.1 Å². The van der Waals surface area contributed by atoms with E-state index in [0.717, 1.165) is 5.56 Å². The average Bonchev–Trinajstić information content (AvgIpc) is 3.38. The molecule has 132 valence electrons. The summed E-state index contributed by atoms with van der Waals surface area (Å²) in [6, 6.07) is 8.05. The van der Waals surface area contributed by atoms with Gasteiger partial charge in [0.1, 0.15) is 0 Å². The SMILES string of the molecule is O=C(CCc1nc(-c2ccco2)no1)N1CCc2ccc([N+](=O)[O-])cc21. The van der Waals surface area contributed by atoms with Gasteiger partial charge in [0.2, 0.25) is 17.6 Å². The second-order valence-electron chi connectivity index (χ2n) is 5.85. The van der Waals surface area contributed by atoms with Crippen LogP contribution in [0, 0.1) is 10.1 Å². The van der Waals surface area contributed by atoms with Crippen LogP contribution in [0.2, 0.25) is 0 Å². The third-order valence-corrected chi connectivity index (χ3v) is 4.24. The number of nitrogens with zero attached hydrogens (tertiary/aromatic N) is 4. The van der Waals surface area contributed by atoms with E-state index in [1.807, 2.05) is 0 Å². The molecule has 1 aliphatic heterocycles. The number of hydrogen-bond acceptors (Lipinski definition) is 7.